The third kappa shape index (κ3) is 4.93. The number of aryl methyl sites for hydroxylation is 1. The Labute approximate surface area is 183 Å². The number of imidazole rings is 1. The van der Waals surface area contributed by atoms with Crippen LogP contribution >= 0.6 is 24.8 Å². The molecule has 3 N–H and O–H groups in total. The zero-order valence-corrected chi connectivity index (χ0v) is 18.1. The molecule has 1 aromatic carbocycles. The molecule has 2 fully saturated rings. The van der Waals surface area contributed by atoms with Crippen molar-refractivity contribution >= 4 is 30.7 Å². The summed E-state index contributed by atoms with van der Waals surface area (Å²) in [6, 6.07) is 6.13. The number of amides is 1. The highest BCUT2D eigenvalue weighted by molar-refractivity contribution is 5.85. The van der Waals surface area contributed by atoms with E-state index in [2.05, 4.69) is 10.3 Å². The van der Waals surface area contributed by atoms with E-state index >= 15 is 0 Å². The number of nitrogens with two attached hydrogens (primary N) is 1. The maximum Gasteiger partial charge on any atom is 0.223 e. The molecular formula is C21H29Cl2FN4O. The normalized spacial score (nSPS) is 26.6. The number of carbonyl (C=O) groups is 1. The van der Waals surface area contributed by atoms with Crippen molar-refractivity contribution in [1.82, 2.24) is 14.9 Å². The van der Waals surface area contributed by atoms with Crippen LogP contribution in [0.2, 0.25) is 0 Å². The zero-order chi connectivity index (χ0) is 19.0. The average molecular weight is 443 g/mol. The molecule has 4 rings (SSSR count). The lowest BCUT2D eigenvalue weighted by Crippen LogP contribution is -2.49. The molecule has 0 saturated heterocycles. The van der Waals surface area contributed by atoms with Crippen LogP contribution in [0, 0.1) is 23.6 Å². The number of halogens is 3. The first-order chi connectivity index (χ1) is 13.0. The van der Waals surface area contributed by atoms with E-state index in [1.54, 1.807) is 12.3 Å². The lowest BCUT2D eigenvalue weighted by atomic mass is 9.65. The molecule has 1 heterocycles. The average Bonchev–Trinajstić information content (AvgIpc) is 3.05. The number of nitrogens with zero attached hydrogens (tertiary/aromatic N) is 2. The second-order valence-corrected chi connectivity index (χ2v) is 8.09. The molecule has 0 spiro atoms. The third-order valence-electron chi connectivity index (χ3n) is 6.37. The number of hydrogen-bond acceptors (Lipinski definition) is 3. The summed E-state index contributed by atoms with van der Waals surface area (Å²) in [6.07, 6.45) is 8.67. The van der Waals surface area contributed by atoms with Gasteiger partial charge in [-0.1, -0.05) is 18.6 Å². The molecule has 160 valence electrons. The van der Waals surface area contributed by atoms with Gasteiger partial charge in [0, 0.05) is 31.4 Å². The molecule has 0 radical (unpaired) electrons. The van der Waals surface area contributed by atoms with Gasteiger partial charge in [-0.2, -0.15) is 0 Å². The van der Waals surface area contributed by atoms with Crippen LogP contribution < -0.4 is 11.1 Å². The van der Waals surface area contributed by atoms with Crippen molar-refractivity contribution in [2.45, 2.75) is 44.2 Å². The topological polar surface area (TPSA) is 72.9 Å². The molecule has 0 aliphatic heterocycles. The van der Waals surface area contributed by atoms with E-state index in [1.807, 2.05) is 23.9 Å². The van der Waals surface area contributed by atoms with Gasteiger partial charge in [0.25, 0.3) is 0 Å². The predicted molar refractivity (Wildman–Crippen MR) is 116 cm³/mol. The van der Waals surface area contributed by atoms with Crippen molar-refractivity contribution in [2.24, 2.45) is 30.5 Å². The first-order valence-corrected chi connectivity index (χ1v) is 9.81. The van der Waals surface area contributed by atoms with Crippen LogP contribution in [-0.2, 0) is 11.8 Å². The number of fused-ring (bicyclic) bond motifs is 2. The number of aromatic nitrogens is 2. The van der Waals surface area contributed by atoms with Crippen molar-refractivity contribution in [1.29, 1.82) is 0 Å². The second-order valence-electron chi connectivity index (χ2n) is 8.09. The van der Waals surface area contributed by atoms with Crippen molar-refractivity contribution in [3.05, 3.63) is 53.9 Å². The molecule has 2 bridgehead atoms. The lowest BCUT2D eigenvalue weighted by molar-refractivity contribution is -0.128. The quantitative estimate of drug-likeness (QED) is 0.756. The Hall–Kier alpha value is -1.63. The number of carbonyl (C=O) groups excluding carboxylic acids is 1. The molecule has 8 heteroatoms. The molecule has 3 unspecified atom stereocenters. The molecule has 2 saturated carbocycles. The molecule has 3 atom stereocenters. The first kappa shape index (κ1) is 23.6. The maximum absolute atomic E-state index is 13.8. The van der Waals surface area contributed by atoms with E-state index in [0.717, 1.165) is 25.7 Å². The van der Waals surface area contributed by atoms with E-state index < -0.39 is 6.04 Å². The summed E-state index contributed by atoms with van der Waals surface area (Å²) in [7, 11) is 1.88. The molecule has 29 heavy (non-hydrogen) atoms. The van der Waals surface area contributed by atoms with Crippen LogP contribution in [0.1, 0.15) is 49.5 Å². The van der Waals surface area contributed by atoms with E-state index in [1.165, 1.54) is 18.6 Å². The lowest BCUT2D eigenvalue weighted by Gasteiger charge is -2.43. The van der Waals surface area contributed by atoms with Crippen LogP contribution in [0.4, 0.5) is 4.39 Å². The van der Waals surface area contributed by atoms with Gasteiger partial charge in [-0.25, -0.2) is 9.37 Å². The van der Waals surface area contributed by atoms with Gasteiger partial charge < -0.3 is 15.6 Å². The van der Waals surface area contributed by atoms with Crippen LogP contribution in [-0.4, -0.2) is 21.5 Å². The van der Waals surface area contributed by atoms with Gasteiger partial charge in [0.1, 0.15) is 17.7 Å². The van der Waals surface area contributed by atoms with Crippen LogP contribution in [0.5, 0.6) is 0 Å². The predicted octanol–water partition coefficient (Wildman–Crippen LogP) is 3.76. The van der Waals surface area contributed by atoms with E-state index in [9.17, 15) is 9.18 Å². The minimum absolute atomic E-state index is 0. The highest BCUT2D eigenvalue weighted by atomic mass is 35.5. The molecule has 1 amide bonds. The smallest absolute Gasteiger partial charge is 0.223 e. The number of hydrogen-bond donors (Lipinski definition) is 2. The monoisotopic (exact) mass is 442 g/mol. The van der Waals surface area contributed by atoms with Gasteiger partial charge in [-0.3, -0.25) is 4.79 Å². The van der Waals surface area contributed by atoms with E-state index in [-0.39, 0.29) is 48.5 Å². The minimum Gasteiger partial charge on any atom is -0.342 e. The largest absolute Gasteiger partial charge is 0.342 e. The van der Waals surface area contributed by atoms with Crippen molar-refractivity contribution in [2.75, 3.05) is 0 Å². The standard InChI is InChI=1S/C21H27FN4O.2ClH/c1-26-9-8-24-20(26)19(15-6-3-7-17(22)12-15)25-21(27)16-10-13-4-2-5-14(11-16)18(13)23;;/h3,6-9,12-14,16,18-19H,2,4-5,10-11,23H2,1H3,(H,25,27);2*1H. The summed E-state index contributed by atoms with van der Waals surface area (Å²) in [6.45, 7) is 0. The number of rotatable bonds is 4. The molecule has 1 aromatic heterocycles. The number of nitrogens with one attached hydrogen (secondary N) is 1. The summed E-state index contributed by atoms with van der Waals surface area (Å²) in [5.74, 6) is 1.25. The van der Waals surface area contributed by atoms with Crippen LogP contribution in [0.15, 0.2) is 36.7 Å². The van der Waals surface area contributed by atoms with Gasteiger partial charge in [0.05, 0.1) is 0 Å². The van der Waals surface area contributed by atoms with Gasteiger partial charge in [-0.15, -0.1) is 24.8 Å². The molecule has 2 aliphatic carbocycles. The Morgan fingerprint density at radius 3 is 2.55 bits per heavy atom. The zero-order valence-electron chi connectivity index (χ0n) is 16.5. The summed E-state index contributed by atoms with van der Waals surface area (Å²) < 4.78 is 15.7. The molecule has 2 aromatic rings. The maximum atomic E-state index is 13.8. The Morgan fingerprint density at radius 2 is 1.97 bits per heavy atom. The molecule has 5 nitrogen and oxygen atoms in total. The number of benzene rings is 1. The summed E-state index contributed by atoms with van der Waals surface area (Å²) in [4.78, 5) is 17.5. The van der Waals surface area contributed by atoms with Crippen molar-refractivity contribution in [3.63, 3.8) is 0 Å². The summed E-state index contributed by atoms with van der Waals surface area (Å²) >= 11 is 0. The minimum atomic E-state index is -0.469. The van der Waals surface area contributed by atoms with E-state index in [0.29, 0.717) is 23.2 Å². The van der Waals surface area contributed by atoms with E-state index in [4.69, 9.17) is 5.73 Å². The van der Waals surface area contributed by atoms with Gasteiger partial charge >= 0.3 is 0 Å². The Kier molecular flexibility index (Phi) is 8.09. The van der Waals surface area contributed by atoms with Crippen molar-refractivity contribution in [3.8, 4) is 0 Å². The van der Waals surface area contributed by atoms with Gasteiger partial charge in [0.15, 0.2) is 0 Å². The highest BCUT2D eigenvalue weighted by Gasteiger charge is 2.41. The Balaban J connectivity index is 0.00000150. The first-order valence-electron chi connectivity index (χ1n) is 9.81. The third-order valence-corrected chi connectivity index (χ3v) is 6.37. The fourth-order valence-corrected chi connectivity index (χ4v) is 4.90. The molecule has 2 aliphatic rings. The Morgan fingerprint density at radius 1 is 1.28 bits per heavy atom. The second kappa shape index (κ2) is 9.92. The fraction of sp³-hybridized carbons (Fsp3) is 0.524. The van der Waals surface area contributed by atoms with Crippen LogP contribution in [0.3, 0.4) is 0 Å². The van der Waals surface area contributed by atoms with Gasteiger partial charge in [0.2, 0.25) is 5.91 Å². The van der Waals surface area contributed by atoms with Crippen LogP contribution in [0.25, 0.3) is 0 Å². The molecular weight excluding hydrogens is 414 g/mol. The SMILES string of the molecule is Cl.Cl.Cn1ccnc1C(NC(=O)C1CC2CCCC(C1)C2N)c1cccc(F)c1. The fourth-order valence-electron chi connectivity index (χ4n) is 4.90. The summed E-state index contributed by atoms with van der Waals surface area (Å²) in [5, 5.41) is 3.15. The van der Waals surface area contributed by atoms with Gasteiger partial charge in [-0.05, 0) is 55.2 Å². The van der Waals surface area contributed by atoms with Crippen molar-refractivity contribution < 1.29 is 9.18 Å². The summed E-state index contributed by atoms with van der Waals surface area (Å²) in [5.41, 5.74) is 7.07. The Bertz CT molecular complexity index is 817. The highest BCUT2D eigenvalue weighted by Crippen LogP contribution is 2.42.